The van der Waals surface area contributed by atoms with Gasteiger partial charge in [-0.3, -0.25) is 0 Å². The summed E-state index contributed by atoms with van der Waals surface area (Å²) in [5.41, 5.74) is 4.53. The fourth-order valence-corrected chi connectivity index (χ4v) is 3.54. The highest BCUT2D eigenvalue weighted by molar-refractivity contribution is 6.34. The van der Waals surface area contributed by atoms with Gasteiger partial charge in [0.2, 0.25) is 0 Å². The van der Waals surface area contributed by atoms with Gasteiger partial charge in [-0.15, -0.1) is 0 Å². The molecule has 5 heteroatoms. The van der Waals surface area contributed by atoms with Crippen LogP contribution in [-0.4, -0.2) is 16.3 Å². The molecule has 116 valence electrons. The van der Waals surface area contributed by atoms with Gasteiger partial charge in [-0.05, 0) is 30.2 Å². The average Bonchev–Trinajstić information content (AvgIpc) is 3.11. The van der Waals surface area contributed by atoms with Gasteiger partial charge in [0.25, 0.3) is 0 Å². The quantitative estimate of drug-likeness (QED) is 0.744. The summed E-state index contributed by atoms with van der Waals surface area (Å²) in [4.78, 5) is 0. The van der Waals surface area contributed by atoms with Crippen LogP contribution < -0.4 is 5.32 Å². The highest BCUT2D eigenvalue weighted by atomic mass is 35.5. The standard InChI is InChI=1S/C18H15Cl2N3/c19-13-9-14(20)11-15(10-13)23-18-16(6-7-21-18)17(22-23)8-12-4-2-1-3-5-12/h1-5,9-11,21H,6-8H2. The van der Waals surface area contributed by atoms with E-state index in [1.54, 1.807) is 6.07 Å². The number of halogens is 2. The second-order valence-corrected chi connectivity index (χ2v) is 6.53. The fourth-order valence-electron chi connectivity index (χ4n) is 3.03. The molecule has 23 heavy (non-hydrogen) atoms. The van der Waals surface area contributed by atoms with E-state index in [9.17, 15) is 0 Å². The van der Waals surface area contributed by atoms with E-state index in [0.29, 0.717) is 10.0 Å². The van der Waals surface area contributed by atoms with E-state index >= 15 is 0 Å². The van der Waals surface area contributed by atoms with Gasteiger partial charge in [-0.25, -0.2) is 4.68 Å². The Morgan fingerprint density at radius 3 is 2.52 bits per heavy atom. The van der Waals surface area contributed by atoms with Crippen molar-refractivity contribution in [2.24, 2.45) is 0 Å². The molecule has 1 aromatic heterocycles. The van der Waals surface area contributed by atoms with E-state index < -0.39 is 0 Å². The number of benzene rings is 2. The lowest BCUT2D eigenvalue weighted by atomic mass is 10.1. The Balaban J connectivity index is 1.78. The highest BCUT2D eigenvalue weighted by Crippen LogP contribution is 2.31. The third-order valence-corrected chi connectivity index (χ3v) is 4.48. The molecule has 2 heterocycles. The van der Waals surface area contributed by atoms with Crippen molar-refractivity contribution in [2.45, 2.75) is 12.8 Å². The summed E-state index contributed by atoms with van der Waals surface area (Å²) in [7, 11) is 0. The van der Waals surface area contributed by atoms with Crippen LogP contribution in [0.4, 0.5) is 5.82 Å². The first-order valence-corrected chi connectivity index (χ1v) is 8.31. The summed E-state index contributed by atoms with van der Waals surface area (Å²) in [5.74, 6) is 1.05. The van der Waals surface area contributed by atoms with E-state index in [2.05, 4.69) is 29.6 Å². The lowest BCUT2D eigenvalue weighted by Crippen LogP contribution is -2.05. The van der Waals surface area contributed by atoms with Crippen molar-refractivity contribution in [2.75, 3.05) is 11.9 Å². The van der Waals surface area contributed by atoms with Crippen LogP contribution >= 0.6 is 23.2 Å². The Morgan fingerprint density at radius 2 is 1.78 bits per heavy atom. The minimum absolute atomic E-state index is 0.611. The van der Waals surface area contributed by atoms with E-state index in [0.717, 1.165) is 36.6 Å². The average molecular weight is 344 g/mol. The van der Waals surface area contributed by atoms with Gasteiger partial charge in [-0.1, -0.05) is 53.5 Å². The van der Waals surface area contributed by atoms with Gasteiger partial charge in [0.05, 0.1) is 11.4 Å². The normalized spacial score (nSPS) is 13.0. The molecule has 0 bridgehead atoms. The molecule has 0 fully saturated rings. The molecule has 0 atom stereocenters. The first kappa shape index (κ1) is 14.6. The predicted molar refractivity (Wildman–Crippen MR) is 95.0 cm³/mol. The number of aromatic nitrogens is 2. The second kappa shape index (κ2) is 5.91. The summed E-state index contributed by atoms with van der Waals surface area (Å²) < 4.78 is 1.92. The molecule has 0 amide bonds. The van der Waals surface area contributed by atoms with E-state index in [1.807, 2.05) is 22.9 Å². The van der Waals surface area contributed by atoms with Crippen LogP contribution in [0.5, 0.6) is 0 Å². The van der Waals surface area contributed by atoms with Crippen molar-refractivity contribution < 1.29 is 0 Å². The van der Waals surface area contributed by atoms with Gasteiger partial charge in [-0.2, -0.15) is 5.10 Å². The predicted octanol–water partition coefficient (Wildman–Crippen LogP) is 4.74. The molecular formula is C18H15Cl2N3. The summed E-state index contributed by atoms with van der Waals surface area (Å²) in [6.07, 6.45) is 1.82. The summed E-state index contributed by atoms with van der Waals surface area (Å²) in [6, 6.07) is 15.9. The van der Waals surface area contributed by atoms with Crippen LogP contribution in [-0.2, 0) is 12.8 Å². The van der Waals surface area contributed by atoms with Crippen molar-refractivity contribution in [1.82, 2.24) is 9.78 Å². The SMILES string of the molecule is Clc1cc(Cl)cc(-n2nc(Cc3ccccc3)c3c2NCC3)c1. The van der Waals surface area contributed by atoms with Gasteiger partial charge in [0.1, 0.15) is 5.82 Å². The number of nitrogens with one attached hydrogen (secondary N) is 1. The maximum atomic E-state index is 6.14. The molecule has 0 spiro atoms. The molecule has 3 aromatic rings. The Hall–Kier alpha value is -1.97. The van der Waals surface area contributed by atoms with Crippen molar-refractivity contribution in [1.29, 1.82) is 0 Å². The van der Waals surface area contributed by atoms with Gasteiger partial charge in [0, 0.05) is 28.6 Å². The molecule has 0 saturated carbocycles. The zero-order chi connectivity index (χ0) is 15.8. The summed E-state index contributed by atoms with van der Waals surface area (Å²) in [5, 5.41) is 9.46. The fraction of sp³-hybridized carbons (Fsp3) is 0.167. The molecule has 1 aliphatic rings. The van der Waals surface area contributed by atoms with Crippen molar-refractivity contribution in [3.05, 3.63) is 75.4 Å². The van der Waals surface area contributed by atoms with E-state index in [-0.39, 0.29) is 0 Å². The molecule has 2 aromatic carbocycles. The van der Waals surface area contributed by atoms with Crippen molar-refractivity contribution in [3.63, 3.8) is 0 Å². The summed E-state index contributed by atoms with van der Waals surface area (Å²) >= 11 is 12.3. The summed E-state index contributed by atoms with van der Waals surface area (Å²) in [6.45, 7) is 0.934. The zero-order valence-electron chi connectivity index (χ0n) is 12.4. The van der Waals surface area contributed by atoms with Crippen LogP contribution in [0.1, 0.15) is 16.8 Å². The van der Waals surface area contributed by atoms with Crippen LogP contribution in [0.15, 0.2) is 48.5 Å². The van der Waals surface area contributed by atoms with Crippen LogP contribution in [0, 0.1) is 0 Å². The molecular weight excluding hydrogens is 329 g/mol. The number of nitrogens with zero attached hydrogens (tertiary/aromatic N) is 2. The van der Waals surface area contributed by atoms with Crippen molar-refractivity contribution >= 4 is 29.0 Å². The van der Waals surface area contributed by atoms with E-state index in [4.69, 9.17) is 28.3 Å². The maximum Gasteiger partial charge on any atom is 0.133 e. The van der Waals surface area contributed by atoms with Gasteiger partial charge in [0.15, 0.2) is 0 Å². The second-order valence-electron chi connectivity index (χ2n) is 5.65. The van der Waals surface area contributed by atoms with Crippen LogP contribution in [0.3, 0.4) is 0 Å². The first-order valence-electron chi connectivity index (χ1n) is 7.56. The number of anilines is 1. The topological polar surface area (TPSA) is 29.9 Å². The number of rotatable bonds is 3. The lowest BCUT2D eigenvalue weighted by Gasteiger charge is -2.07. The van der Waals surface area contributed by atoms with Crippen LogP contribution in [0.25, 0.3) is 5.69 Å². The Bertz CT molecular complexity index is 836. The minimum atomic E-state index is 0.611. The number of fused-ring (bicyclic) bond motifs is 1. The Labute approximate surface area is 144 Å². The first-order chi connectivity index (χ1) is 11.2. The van der Waals surface area contributed by atoms with Gasteiger partial charge < -0.3 is 5.32 Å². The number of hydrogen-bond donors (Lipinski definition) is 1. The molecule has 0 unspecified atom stereocenters. The number of hydrogen-bond acceptors (Lipinski definition) is 2. The lowest BCUT2D eigenvalue weighted by molar-refractivity contribution is 0.840. The third kappa shape index (κ3) is 2.82. The maximum absolute atomic E-state index is 6.14. The van der Waals surface area contributed by atoms with E-state index in [1.165, 1.54) is 11.1 Å². The largest absolute Gasteiger partial charge is 0.369 e. The minimum Gasteiger partial charge on any atom is -0.369 e. The Morgan fingerprint density at radius 1 is 1.04 bits per heavy atom. The Kier molecular flexibility index (Phi) is 3.76. The molecule has 0 saturated heterocycles. The molecule has 1 N–H and O–H groups in total. The zero-order valence-corrected chi connectivity index (χ0v) is 13.9. The molecule has 3 nitrogen and oxygen atoms in total. The molecule has 0 radical (unpaired) electrons. The van der Waals surface area contributed by atoms with Gasteiger partial charge >= 0.3 is 0 Å². The van der Waals surface area contributed by atoms with Crippen molar-refractivity contribution in [3.8, 4) is 5.69 Å². The molecule has 1 aliphatic heterocycles. The van der Waals surface area contributed by atoms with Crippen LogP contribution in [0.2, 0.25) is 10.0 Å². The monoisotopic (exact) mass is 343 g/mol. The molecule has 0 aliphatic carbocycles. The third-order valence-electron chi connectivity index (χ3n) is 4.04. The smallest absolute Gasteiger partial charge is 0.133 e. The highest BCUT2D eigenvalue weighted by Gasteiger charge is 2.23. The molecule has 4 rings (SSSR count).